The third kappa shape index (κ3) is 12.2. The van der Waals surface area contributed by atoms with Crippen LogP contribution < -0.4 is 15.5 Å². The summed E-state index contributed by atoms with van der Waals surface area (Å²) in [4.78, 5) is 24.1. The molecule has 3 N–H and O–H groups in total. The molecule has 2 rings (SSSR count). The van der Waals surface area contributed by atoms with Crippen LogP contribution in [-0.2, 0) is 14.0 Å². The zero-order valence-corrected chi connectivity index (χ0v) is 36.4. The molecule has 0 radical (unpaired) electrons. The molecule has 0 heterocycles. The van der Waals surface area contributed by atoms with Crippen molar-refractivity contribution >= 4 is 26.0 Å². The number of allylic oxidation sites excluding steroid dienone is 1. The highest BCUT2D eigenvalue weighted by molar-refractivity contribution is 6.76. The lowest BCUT2D eigenvalue weighted by atomic mass is 9.88. The zero-order valence-electron chi connectivity index (χ0n) is 35.4. The molecule has 2 aromatic rings. The highest BCUT2D eigenvalue weighted by atomic mass is 28.4. The van der Waals surface area contributed by atoms with Gasteiger partial charge in [0.25, 0.3) is 5.91 Å². The lowest BCUT2D eigenvalue weighted by Crippen LogP contribution is -2.74. The van der Waals surface area contributed by atoms with Crippen molar-refractivity contribution in [2.45, 2.75) is 125 Å². The van der Waals surface area contributed by atoms with Gasteiger partial charge in [0.15, 0.2) is 8.32 Å². The molecular weight excluding hydrogens is 981 g/mol. The Morgan fingerprint density at radius 3 is 1.69 bits per heavy atom. The number of alkyl halides is 17. The van der Waals surface area contributed by atoms with Crippen LogP contribution in [0.2, 0.25) is 17.1 Å². The van der Waals surface area contributed by atoms with E-state index in [1.807, 2.05) is 0 Å². The number of nitrogens with one attached hydrogen (secondary N) is 2. The minimum absolute atomic E-state index is 0.0422. The molecule has 0 aliphatic heterocycles. The van der Waals surface area contributed by atoms with Crippen LogP contribution in [-0.4, -0.2) is 86.4 Å². The number of ether oxygens (including phenoxy) is 2. The Hall–Kier alpha value is -4.47. The fourth-order valence-electron chi connectivity index (χ4n) is 6.60. The fourth-order valence-corrected chi connectivity index (χ4v) is 11.1. The largest absolute Gasteiger partial charge is 0.491 e. The van der Waals surface area contributed by atoms with Crippen LogP contribution in [0.15, 0.2) is 54.6 Å². The molecule has 67 heavy (non-hydrogen) atoms. The van der Waals surface area contributed by atoms with E-state index in [2.05, 4.69) is 5.32 Å². The van der Waals surface area contributed by atoms with Crippen molar-refractivity contribution in [1.82, 2.24) is 5.48 Å². The van der Waals surface area contributed by atoms with E-state index in [0.29, 0.717) is 11.6 Å². The van der Waals surface area contributed by atoms with Crippen molar-refractivity contribution in [2.24, 2.45) is 5.92 Å². The van der Waals surface area contributed by atoms with Crippen LogP contribution in [0.5, 0.6) is 5.75 Å². The molecule has 0 unspecified atom stereocenters. The van der Waals surface area contributed by atoms with Crippen molar-refractivity contribution in [3.63, 3.8) is 0 Å². The van der Waals surface area contributed by atoms with Crippen molar-refractivity contribution in [3.05, 3.63) is 71.8 Å². The van der Waals surface area contributed by atoms with Crippen molar-refractivity contribution in [1.29, 1.82) is 0 Å². The van der Waals surface area contributed by atoms with Gasteiger partial charge in [0.05, 0.1) is 12.3 Å². The van der Waals surface area contributed by atoms with Gasteiger partial charge in [-0.25, -0.2) is 19.1 Å². The summed E-state index contributed by atoms with van der Waals surface area (Å²) in [5, 5.41) is 10.8. The van der Waals surface area contributed by atoms with E-state index in [-0.39, 0.29) is 18.6 Å². The number of halogens is 19. The highest BCUT2D eigenvalue weighted by Gasteiger charge is 2.95. The molecule has 2 atom stereocenters. The zero-order chi connectivity index (χ0) is 52.0. The van der Waals surface area contributed by atoms with Crippen LogP contribution in [0.1, 0.15) is 65.5 Å². The SMILES string of the molecule is CC(C)[Si](CCC(F)(F)C(F)(F)C(F)(F)C(F)(F)C(F)(F)C(F)(F)C(F)(F)C(F)(F)F)(OCCOc1ccc([C@H](OC(=O)Nc2ccc(F)cc2F)[C@H](C)CC/C=C/C(=O)NO)cc1)C(C)C. The normalized spacial score (nSPS) is 15.0. The molecule has 0 saturated carbocycles. The van der Waals surface area contributed by atoms with Gasteiger partial charge in [-0.1, -0.05) is 52.8 Å². The van der Waals surface area contributed by atoms with Crippen LogP contribution in [0.25, 0.3) is 0 Å². The van der Waals surface area contributed by atoms with Gasteiger partial charge in [-0.15, -0.1) is 0 Å². The number of amides is 2. The summed E-state index contributed by atoms with van der Waals surface area (Å²) in [6.45, 7) is 5.70. The summed E-state index contributed by atoms with van der Waals surface area (Å²) in [5.41, 5.74) is -0.600. The third-order valence-corrected chi connectivity index (χ3v) is 16.3. The Labute approximate surface area is 370 Å². The maximum Gasteiger partial charge on any atom is 0.460 e. The Bertz CT molecular complexity index is 1990. The quantitative estimate of drug-likeness (QED) is 0.0242. The summed E-state index contributed by atoms with van der Waals surface area (Å²) >= 11 is 0. The Balaban J connectivity index is 2.30. The van der Waals surface area contributed by atoms with Crippen molar-refractivity contribution < 1.29 is 112 Å². The number of carbonyl (C=O) groups excluding carboxylic acids is 2. The maximum atomic E-state index is 15.0. The van der Waals surface area contributed by atoms with E-state index in [1.165, 1.54) is 63.5 Å². The van der Waals surface area contributed by atoms with E-state index in [0.717, 1.165) is 18.2 Å². The van der Waals surface area contributed by atoms with Crippen LogP contribution in [0.4, 0.5) is 93.9 Å². The van der Waals surface area contributed by atoms with Crippen LogP contribution in [0.3, 0.4) is 0 Å². The first kappa shape index (κ1) is 58.7. The number of hydrogen-bond donors (Lipinski definition) is 3. The molecule has 0 aliphatic carbocycles. The summed E-state index contributed by atoms with van der Waals surface area (Å²) in [5.74, 6) is -60.4. The summed E-state index contributed by atoms with van der Waals surface area (Å²) < 4.78 is 280. The molecule has 0 spiro atoms. The van der Waals surface area contributed by atoms with Gasteiger partial charge in [0.1, 0.15) is 30.1 Å². The second kappa shape index (κ2) is 21.4. The second-order valence-corrected chi connectivity index (χ2v) is 20.7. The van der Waals surface area contributed by atoms with Gasteiger partial charge in [-0.3, -0.25) is 15.3 Å². The standard InChI is InChI=1S/C39H43F19N2O6Si/c1-21(2)67(22(3)4,19-16-32(42,43)33(44,45)34(46,47)35(48,49)36(50,51)37(52,53)38(54,55)39(56,57)58)65-18-17-64-26-13-10-24(11-14-26)30(23(5)8-6-7-9-29(61)60-63)66-31(62)59-28-15-12-25(40)20-27(28)41/h7,9-15,20-23,30,63H,6,8,16-19H2,1-5H3,(H,59,62)(H,60,61)/b9-7+/t23-,30-/m1/s1. The number of hydrogen-bond acceptors (Lipinski definition) is 6. The molecule has 382 valence electrons. The van der Waals surface area contributed by atoms with Gasteiger partial charge < -0.3 is 13.9 Å². The van der Waals surface area contributed by atoms with Crippen LogP contribution in [0, 0.1) is 17.6 Å². The van der Waals surface area contributed by atoms with Crippen LogP contribution >= 0.6 is 0 Å². The van der Waals surface area contributed by atoms with E-state index in [1.54, 1.807) is 6.92 Å². The highest BCUT2D eigenvalue weighted by Crippen LogP contribution is 2.64. The topological polar surface area (TPSA) is 106 Å². The van der Waals surface area contributed by atoms with Crippen molar-refractivity contribution in [2.75, 3.05) is 18.5 Å². The molecule has 0 aromatic heterocycles. The molecule has 0 aliphatic rings. The number of rotatable bonds is 24. The molecule has 2 amide bonds. The summed E-state index contributed by atoms with van der Waals surface area (Å²) in [7, 11) is -4.06. The third-order valence-electron chi connectivity index (χ3n) is 10.6. The molecule has 0 fully saturated rings. The number of benzene rings is 2. The molecular formula is C39H43F19N2O6Si. The predicted molar refractivity (Wildman–Crippen MR) is 201 cm³/mol. The second-order valence-electron chi connectivity index (χ2n) is 15.7. The van der Waals surface area contributed by atoms with Gasteiger partial charge in [-0.05, 0) is 65.7 Å². The Morgan fingerprint density at radius 1 is 0.701 bits per heavy atom. The average Bonchev–Trinajstić information content (AvgIpc) is 3.21. The molecule has 0 saturated heterocycles. The van der Waals surface area contributed by atoms with E-state index in [4.69, 9.17) is 19.1 Å². The fraction of sp³-hybridized carbons (Fsp3) is 0.590. The molecule has 8 nitrogen and oxygen atoms in total. The van der Waals surface area contributed by atoms with E-state index in [9.17, 15) is 93.0 Å². The maximum absolute atomic E-state index is 15.0. The number of carbonyl (C=O) groups is 2. The Morgan fingerprint density at radius 2 is 1.21 bits per heavy atom. The first-order chi connectivity index (χ1) is 30.3. The van der Waals surface area contributed by atoms with Crippen molar-refractivity contribution in [3.8, 4) is 5.75 Å². The molecule has 28 heteroatoms. The minimum atomic E-state index is -8.72. The number of hydroxylamine groups is 1. The van der Waals surface area contributed by atoms with Gasteiger partial charge in [0.2, 0.25) is 0 Å². The molecule has 0 bridgehead atoms. The summed E-state index contributed by atoms with van der Waals surface area (Å²) in [6, 6.07) is 6.33. The minimum Gasteiger partial charge on any atom is -0.491 e. The first-order valence-corrected chi connectivity index (χ1v) is 21.7. The lowest BCUT2D eigenvalue weighted by molar-refractivity contribution is -0.461. The average molecular weight is 1020 g/mol. The van der Waals surface area contributed by atoms with E-state index < -0.39 is 134 Å². The smallest absolute Gasteiger partial charge is 0.460 e. The Kier molecular flexibility index (Phi) is 18.8. The number of anilines is 1. The van der Waals surface area contributed by atoms with Gasteiger partial charge >= 0.3 is 53.7 Å². The van der Waals surface area contributed by atoms with E-state index >= 15 is 0 Å². The van der Waals surface area contributed by atoms with Gasteiger partial charge in [0, 0.05) is 18.6 Å². The first-order valence-electron chi connectivity index (χ1n) is 19.4. The lowest BCUT2D eigenvalue weighted by Gasteiger charge is -2.44. The molecule has 2 aromatic carbocycles. The monoisotopic (exact) mass is 1020 g/mol. The predicted octanol–water partition coefficient (Wildman–Crippen LogP) is 13.3. The van der Waals surface area contributed by atoms with Gasteiger partial charge in [-0.2, -0.15) is 74.6 Å². The summed E-state index contributed by atoms with van der Waals surface area (Å²) in [6.07, 6.45) is -9.87.